The topological polar surface area (TPSA) is 58.1 Å². The smallest absolute Gasteiger partial charge is 0.195 e. The predicted octanol–water partition coefficient (Wildman–Crippen LogP) is 3.44. The van der Waals surface area contributed by atoms with E-state index in [1.165, 1.54) is 0 Å². The van der Waals surface area contributed by atoms with Crippen LogP contribution in [0.2, 0.25) is 0 Å². The summed E-state index contributed by atoms with van der Waals surface area (Å²) in [6.07, 6.45) is 0.877. The molecule has 0 aliphatic carbocycles. The monoisotopic (exact) mass is 478 g/mol. The lowest BCUT2D eigenvalue weighted by Crippen LogP contribution is -2.33. The number of likely N-dealkylation sites (N-methyl/N-ethyl adjacent to an activating group) is 1. The minimum atomic E-state index is 0. The second kappa shape index (κ2) is 15.0. The number of aliphatic imine (C=N–C) groups is 1. The molecule has 0 amide bonds. The molecule has 0 spiro atoms. The maximum absolute atomic E-state index is 5.74. The second-order valence-electron chi connectivity index (χ2n) is 6.18. The Bertz CT molecular complexity index is 512. The van der Waals surface area contributed by atoms with E-state index in [0.29, 0.717) is 19.3 Å². The number of rotatable bonds is 11. The molecule has 150 valence electrons. The third kappa shape index (κ3) is 10.8. The highest BCUT2D eigenvalue weighted by atomic mass is 127. The van der Waals surface area contributed by atoms with Gasteiger partial charge in [0, 0.05) is 51.0 Å². The number of halogens is 1. The summed E-state index contributed by atoms with van der Waals surface area (Å²) >= 11 is 0. The average Bonchev–Trinajstić information content (AvgIpc) is 2.59. The first-order valence-electron chi connectivity index (χ1n) is 9.04. The molecule has 0 atom stereocenters. The summed E-state index contributed by atoms with van der Waals surface area (Å²) in [7, 11) is 3.82. The van der Waals surface area contributed by atoms with E-state index in [9.17, 15) is 0 Å². The Morgan fingerprint density at radius 2 is 2.04 bits per heavy atom. The number of benzene rings is 1. The molecule has 0 aliphatic heterocycles. The molecule has 0 aromatic heterocycles. The Hall–Kier alpha value is -1.06. The van der Waals surface area contributed by atoms with Crippen LogP contribution in [0, 0.1) is 0 Å². The maximum atomic E-state index is 5.74. The Balaban J connectivity index is 0.00000625. The Morgan fingerprint density at radius 1 is 1.27 bits per heavy atom. The van der Waals surface area contributed by atoms with E-state index in [4.69, 9.17) is 9.47 Å². The standard InChI is InChI=1S/C19H34N4O2.HI/c1-6-20-19(21-11-12-23(4)16(2)3)22-17-9-7-10-18(15-17)25-14-8-13-24-5;/h7,9-10,15-16H,6,8,11-14H2,1-5H3,(H2,20,21,22);1H. The zero-order chi connectivity index (χ0) is 18.5. The van der Waals surface area contributed by atoms with Crippen molar-refractivity contribution < 1.29 is 9.47 Å². The molecular weight excluding hydrogens is 443 g/mol. The number of nitrogens with one attached hydrogen (secondary N) is 2. The van der Waals surface area contributed by atoms with Crippen LogP contribution in [0.4, 0.5) is 5.69 Å². The SMILES string of the molecule is CCNC(=NCCN(C)C(C)C)Nc1cccc(OCCCOC)c1.I. The predicted molar refractivity (Wildman–Crippen MR) is 121 cm³/mol. The number of hydrogen-bond donors (Lipinski definition) is 2. The van der Waals surface area contributed by atoms with Crippen LogP contribution in [-0.4, -0.2) is 63.9 Å². The van der Waals surface area contributed by atoms with Crippen molar-refractivity contribution in [3.05, 3.63) is 24.3 Å². The lowest BCUT2D eigenvalue weighted by Gasteiger charge is -2.20. The van der Waals surface area contributed by atoms with Crippen molar-refractivity contribution >= 4 is 35.6 Å². The molecule has 0 radical (unpaired) electrons. The number of nitrogens with zero attached hydrogens (tertiary/aromatic N) is 2. The average molecular weight is 478 g/mol. The van der Waals surface area contributed by atoms with Crippen LogP contribution >= 0.6 is 24.0 Å². The largest absolute Gasteiger partial charge is 0.493 e. The molecule has 6 nitrogen and oxygen atoms in total. The quantitative estimate of drug-likeness (QED) is 0.221. The summed E-state index contributed by atoms with van der Waals surface area (Å²) in [6.45, 7) is 10.3. The Kier molecular flexibility index (Phi) is 14.4. The van der Waals surface area contributed by atoms with Crippen molar-refractivity contribution in [2.45, 2.75) is 33.2 Å². The molecule has 26 heavy (non-hydrogen) atoms. The van der Waals surface area contributed by atoms with E-state index < -0.39 is 0 Å². The molecular formula is C19H35IN4O2. The van der Waals surface area contributed by atoms with Crippen LogP contribution in [-0.2, 0) is 4.74 Å². The molecule has 0 unspecified atom stereocenters. The van der Waals surface area contributed by atoms with Gasteiger partial charge in [0.25, 0.3) is 0 Å². The van der Waals surface area contributed by atoms with Crippen LogP contribution in [0.15, 0.2) is 29.3 Å². The number of anilines is 1. The highest BCUT2D eigenvalue weighted by molar-refractivity contribution is 14.0. The molecule has 0 heterocycles. The lowest BCUT2D eigenvalue weighted by atomic mass is 10.3. The van der Waals surface area contributed by atoms with E-state index in [1.807, 2.05) is 24.3 Å². The Morgan fingerprint density at radius 3 is 2.69 bits per heavy atom. The number of hydrogen-bond acceptors (Lipinski definition) is 4. The second-order valence-corrected chi connectivity index (χ2v) is 6.18. The maximum Gasteiger partial charge on any atom is 0.195 e. The van der Waals surface area contributed by atoms with Crippen molar-refractivity contribution in [3.8, 4) is 5.75 Å². The number of ether oxygens (including phenoxy) is 2. The first kappa shape index (κ1) is 24.9. The molecule has 7 heteroatoms. The fourth-order valence-electron chi connectivity index (χ4n) is 2.08. The first-order valence-corrected chi connectivity index (χ1v) is 9.04. The van der Waals surface area contributed by atoms with Gasteiger partial charge in [0.2, 0.25) is 0 Å². The van der Waals surface area contributed by atoms with Crippen molar-refractivity contribution in [1.29, 1.82) is 0 Å². The third-order valence-electron chi connectivity index (χ3n) is 3.81. The number of methoxy groups -OCH3 is 1. The van der Waals surface area contributed by atoms with Crippen molar-refractivity contribution in [2.24, 2.45) is 4.99 Å². The molecule has 0 fully saturated rings. The van der Waals surface area contributed by atoms with Crippen molar-refractivity contribution in [3.63, 3.8) is 0 Å². The summed E-state index contributed by atoms with van der Waals surface area (Å²) in [5.41, 5.74) is 0.959. The summed E-state index contributed by atoms with van der Waals surface area (Å²) in [6, 6.07) is 8.45. The van der Waals surface area contributed by atoms with Gasteiger partial charge < -0.3 is 25.0 Å². The summed E-state index contributed by atoms with van der Waals surface area (Å²) < 4.78 is 10.8. The van der Waals surface area contributed by atoms with Gasteiger partial charge in [0.1, 0.15) is 5.75 Å². The minimum absolute atomic E-state index is 0. The number of guanidine groups is 1. The molecule has 0 saturated carbocycles. The minimum Gasteiger partial charge on any atom is -0.493 e. The van der Waals surface area contributed by atoms with Gasteiger partial charge in [-0.15, -0.1) is 24.0 Å². The van der Waals surface area contributed by atoms with E-state index in [0.717, 1.165) is 43.5 Å². The fourth-order valence-corrected chi connectivity index (χ4v) is 2.08. The fraction of sp³-hybridized carbons (Fsp3) is 0.632. The van der Waals surface area contributed by atoms with E-state index >= 15 is 0 Å². The van der Waals surface area contributed by atoms with Crippen LogP contribution in [0.3, 0.4) is 0 Å². The van der Waals surface area contributed by atoms with Crippen LogP contribution in [0.5, 0.6) is 5.75 Å². The molecule has 0 bridgehead atoms. The van der Waals surface area contributed by atoms with Gasteiger partial charge in [-0.1, -0.05) is 6.07 Å². The molecule has 1 rings (SSSR count). The van der Waals surface area contributed by atoms with Gasteiger partial charge in [0.05, 0.1) is 13.2 Å². The van der Waals surface area contributed by atoms with Crippen LogP contribution in [0.25, 0.3) is 0 Å². The lowest BCUT2D eigenvalue weighted by molar-refractivity contribution is 0.172. The molecule has 2 N–H and O–H groups in total. The van der Waals surface area contributed by atoms with Crippen molar-refractivity contribution in [2.75, 3.05) is 52.3 Å². The van der Waals surface area contributed by atoms with E-state index in [-0.39, 0.29) is 24.0 Å². The summed E-state index contributed by atoms with van der Waals surface area (Å²) in [5.74, 6) is 1.63. The molecule has 1 aromatic rings. The highest BCUT2D eigenvalue weighted by Gasteiger charge is 2.04. The van der Waals surface area contributed by atoms with Gasteiger partial charge in [-0.05, 0) is 40.0 Å². The van der Waals surface area contributed by atoms with Gasteiger partial charge in [-0.3, -0.25) is 4.99 Å². The van der Waals surface area contributed by atoms with Gasteiger partial charge >= 0.3 is 0 Å². The van der Waals surface area contributed by atoms with E-state index in [2.05, 4.69) is 48.3 Å². The van der Waals surface area contributed by atoms with Gasteiger partial charge in [-0.25, -0.2) is 0 Å². The zero-order valence-corrected chi connectivity index (χ0v) is 19.1. The Labute approximate surface area is 175 Å². The first-order chi connectivity index (χ1) is 12.1. The normalized spacial score (nSPS) is 11.4. The third-order valence-corrected chi connectivity index (χ3v) is 3.81. The van der Waals surface area contributed by atoms with E-state index in [1.54, 1.807) is 7.11 Å². The highest BCUT2D eigenvalue weighted by Crippen LogP contribution is 2.17. The van der Waals surface area contributed by atoms with Crippen molar-refractivity contribution in [1.82, 2.24) is 10.2 Å². The summed E-state index contributed by atoms with van der Waals surface area (Å²) in [5, 5.41) is 6.62. The molecule has 1 aromatic carbocycles. The molecule has 0 aliphatic rings. The molecule has 0 saturated heterocycles. The van der Waals surface area contributed by atoms with Gasteiger partial charge in [-0.2, -0.15) is 0 Å². The summed E-state index contributed by atoms with van der Waals surface area (Å²) in [4.78, 5) is 6.92. The van der Waals surface area contributed by atoms with Crippen LogP contribution < -0.4 is 15.4 Å². The zero-order valence-electron chi connectivity index (χ0n) is 16.7. The van der Waals surface area contributed by atoms with Gasteiger partial charge in [0.15, 0.2) is 5.96 Å². The van der Waals surface area contributed by atoms with Crippen LogP contribution in [0.1, 0.15) is 27.2 Å².